The molecule has 4 nitrogen and oxygen atoms in total. The topological polar surface area (TPSA) is 51.0 Å². The Morgan fingerprint density at radius 1 is 1.15 bits per heavy atom. The lowest BCUT2D eigenvalue weighted by atomic mass is 10.1. The molecule has 0 bridgehead atoms. The third-order valence-corrected chi connectivity index (χ3v) is 2.97. The minimum absolute atomic E-state index is 0.444. The minimum atomic E-state index is 0.444. The van der Waals surface area contributed by atoms with Gasteiger partial charge in [0.25, 0.3) is 0 Å². The van der Waals surface area contributed by atoms with E-state index in [2.05, 4.69) is 5.16 Å². The van der Waals surface area contributed by atoms with Crippen molar-refractivity contribution in [2.24, 2.45) is 5.16 Å². The predicted octanol–water partition coefficient (Wildman–Crippen LogP) is 3.47. The molecule has 2 rings (SSSR count). The molecule has 1 N–H and O–H groups in total. The fourth-order valence-electron chi connectivity index (χ4n) is 1.84. The van der Waals surface area contributed by atoms with Crippen LogP contribution in [0.2, 0.25) is 0 Å². The van der Waals surface area contributed by atoms with Crippen molar-refractivity contribution in [2.45, 2.75) is 13.5 Å². The summed E-state index contributed by atoms with van der Waals surface area (Å²) in [5, 5.41) is 12.2. The van der Waals surface area contributed by atoms with E-state index in [1.807, 2.05) is 36.4 Å². The molecule has 0 aliphatic heterocycles. The quantitative estimate of drug-likeness (QED) is 0.514. The minimum Gasteiger partial charge on any atom is -0.497 e. The molecule has 2 aromatic rings. The van der Waals surface area contributed by atoms with Crippen LogP contribution in [0.1, 0.15) is 18.1 Å². The SMILES string of the molecule is COc1ccc(/C(C)=N/O)c(OCc2ccccc2)c1. The monoisotopic (exact) mass is 271 g/mol. The Morgan fingerprint density at radius 2 is 1.90 bits per heavy atom. The Labute approximate surface area is 118 Å². The average molecular weight is 271 g/mol. The van der Waals surface area contributed by atoms with Gasteiger partial charge in [0, 0.05) is 11.6 Å². The number of ether oxygens (including phenoxy) is 2. The van der Waals surface area contributed by atoms with E-state index in [0.29, 0.717) is 23.8 Å². The molecule has 0 heterocycles. The van der Waals surface area contributed by atoms with Crippen LogP contribution in [-0.2, 0) is 6.61 Å². The largest absolute Gasteiger partial charge is 0.497 e. The lowest BCUT2D eigenvalue weighted by Crippen LogP contribution is -2.03. The molecule has 0 spiro atoms. The smallest absolute Gasteiger partial charge is 0.132 e. The number of methoxy groups -OCH3 is 1. The van der Waals surface area contributed by atoms with Gasteiger partial charge in [0.05, 0.1) is 12.8 Å². The molecule has 0 aliphatic carbocycles. The molecule has 0 amide bonds. The second kappa shape index (κ2) is 6.61. The zero-order chi connectivity index (χ0) is 14.4. The maximum Gasteiger partial charge on any atom is 0.132 e. The zero-order valence-electron chi connectivity index (χ0n) is 11.5. The first-order valence-corrected chi connectivity index (χ1v) is 6.28. The molecule has 0 aliphatic rings. The van der Waals surface area contributed by atoms with Gasteiger partial charge >= 0.3 is 0 Å². The Balaban J connectivity index is 2.24. The normalized spacial score (nSPS) is 11.2. The molecular formula is C16H17NO3. The van der Waals surface area contributed by atoms with E-state index in [9.17, 15) is 0 Å². The van der Waals surface area contributed by atoms with Gasteiger partial charge in [-0.15, -0.1) is 0 Å². The maximum atomic E-state index is 8.93. The van der Waals surface area contributed by atoms with Gasteiger partial charge in [-0.1, -0.05) is 35.5 Å². The molecule has 4 heteroatoms. The van der Waals surface area contributed by atoms with Gasteiger partial charge in [-0.2, -0.15) is 0 Å². The lowest BCUT2D eigenvalue weighted by Gasteiger charge is -2.12. The van der Waals surface area contributed by atoms with Gasteiger partial charge in [0.2, 0.25) is 0 Å². The molecule has 0 saturated carbocycles. The summed E-state index contributed by atoms with van der Waals surface area (Å²) in [6, 6.07) is 15.3. The highest BCUT2D eigenvalue weighted by Crippen LogP contribution is 2.26. The molecule has 0 fully saturated rings. The van der Waals surface area contributed by atoms with E-state index in [4.69, 9.17) is 14.7 Å². The highest BCUT2D eigenvalue weighted by molar-refractivity contribution is 6.00. The molecule has 0 radical (unpaired) electrons. The van der Waals surface area contributed by atoms with E-state index < -0.39 is 0 Å². The molecule has 0 unspecified atom stereocenters. The van der Waals surface area contributed by atoms with Crippen molar-refractivity contribution in [1.29, 1.82) is 0 Å². The van der Waals surface area contributed by atoms with Gasteiger partial charge in [0.1, 0.15) is 18.1 Å². The van der Waals surface area contributed by atoms with Gasteiger partial charge in [-0.05, 0) is 24.6 Å². The summed E-state index contributed by atoms with van der Waals surface area (Å²) in [6.45, 7) is 2.16. The number of hydrogen-bond acceptors (Lipinski definition) is 4. The number of hydrogen-bond donors (Lipinski definition) is 1. The Hall–Kier alpha value is -2.49. The van der Waals surface area contributed by atoms with E-state index in [-0.39, 0.29) is 0 Å². The number of rotatable bonds is 5. The molecule has 2 aromatic carbocycles. The third kappa shape index (κ3) is 3.29. The van der Waals surface area contributed by atoms with E-state index >= 15 is 0 Å². The summed E-state index contributed by atoms with van der Waals surface area (Å²) in [6.07, 6.45) is 0. The van der Waals surface area contributed by atoms with Crippen LogP contribution in [-0.4, -0.2) is 18.0 Å². The van der Waals surface area contributed by atoms with Gasteiger partial charge in [-0.25, -0.2) is 0 Å². The summed E-state index contributed by atoms with van der Waals surface area (Å²) >= 11 is 0. The van der Waals surface area contributed by atoms with Gasteiger partial charge in [0.15, 0.2) is 0 Å². The Bertz CT molecular complexity index is 594. The van der Waals surface area contributed by atoms with E-state index in [1.54, 1.807) is 26.2 Å². The summed E-state index contributed by atoms with van der Waals surface area (Å²) in [4.78, 5) is 0. The molecule has 104 valence electrons. The Morgan fingerprint density at radius 3 is 2.55 bits per heavy atom. The maximum absolute atomic E-state index is 8.93. The van der Waals surface area contributed by atoms with Crippen LogP contribution in [0.5, 0.6) is 11.5 Å². The number of nitrogens with zero attached hydrogens (tertiary/aromatic N) is 1. The van der Waals surface area contributed by atoms with Crippen LogP contribution in [0, 0.1) is 0 Å². The van der Waals surface area contributed by atoms with Gasteiger partial charge in [-0.3, -0.25) is 0 Å². The molecular weight excluding hydrogens is 254 g/mol. The van der Waals surface area contributed by atoms with Crippen molar-refractivity contribution in [3.05, 3.63) is 59.7 Å². The molecule has 20 heavy (non-hydrogen) atoms. The van der Waals surface area contributed by atoms with E-state index in [0.717, 1.165) is 11.1 Å². The first-order valence-electron chi connectivity index (χ1n) is 6.28. The highest BCUT2D eigenvalue weighted by atomic mass is 16.5. The molecule has 0 atom stereocenters. The first kappa shape index (κ1) is 13.9. The van der Waals surface area contributed by atoms with Crippen molar-refractivity contribution in [3.63, 3.8) is 0 Å². The van der Waals surface area contributed by atoms with Crippen LogP contribution in [0.25, 0.3) is 0 Å². The highest BCUT2D eigenvalue weighted by Gasteiger charge is 2.09. The van der Waals surface area contributed by atoms with Gasteiger partial charge < -0.3 is 14.7 Å². The van der Waals surface area contributed by atoms with Crippen molar-refractivity contribution in [2.75, 3.05) is 7.11 Å². The van der Waals surface area contributed by atoms with Crippen LogP contribution >= 0.6 is 0 Å². The second-order valence-electron chi connectivity index (χ2n) is 4.32. The van der Waals surface area contributed by atoms with Crippen molar-refractivity contribution >= 4 is 5.71 Å². The molecule has 0 saturated heterocycles. The average Bonchev–Trinajstić information content (AvgIpc) is 2.52. The molecule has 0 aromatic heterocycles. The van der Waals surface area contributed by atoms with Crippen LogP contribution in [0.4, 0.5) is 0 Å². The zero-order valence-corrected chi connectivity index (χ0v) is 11.5. The van der Waals surface area contributed by atoms with Crippen molar-refractivity contribution < 1.29 is 14.7 Å². The summed E-state index contributed by atoms with van der Waals surface area (Å²) in [7, 11) is 1.60. The van der Waals surface area contributed by atoms with E-state index in [1.165, 1.54) is 0 Å². The van der Waals surface area contributed by atoms with Crippen LogP contribution < -0.4 is 9.47 Å². The lowest BCUT2D eigenvalue weighted by molar-refractivity contribution is 0.301. The number of oxime groups is 1. The fraction of sp³-hybridized carbons (Fsp3) is 0.188. The van der Waals surface area contributed by atoms with Crippen molar-refractivity contribution in [3.8, 4) is 11.5 Å². The van der Waals surface area contributed by atoms with Crippen molar-refractivity contribution in [1.82, 2.24) is 0 Å². The standard InChI is InChI=1S/C16H17NO3/c1-12(17-18)15-9-8-14(19-2)10-16(15)20-11-13-6-4-3-5-7-13/h3-10,18H,11H2,1-2H3/b17-12+. The Kier molecular flexibility index (Phi) is 4.60. The summed E-state index contributed by atoms with van der Waals surface area (Å²) < 4.78 is 11.0. The van der Waals surface area contributed by atoms with Crippen LogP contribution in [0.15, 0.2) is 53.7 Å². The summed E-state index contributed by atoms with van der Waals surface area (Å²) in [5.74, 6) is 1.33. The first-order chi connectivity index (χ1) is 9.74. The second-order valence-corrected chi connectivity index (χ2v) is 4.32. The summed E-state index contributed by atoms with van der Waals surface area (Å²) in [5.41, 5.74) is 2.31. The number of benzene rings is 2. The third-order valence-electron chi connectivity index (χ3n) is 2.97. The predicted molar refractivity (Wildman–Crippen MR) is 77.8 cm³/mol. The fourth-order valence-corrected chi connectivity index (χ4v) is 1.84. The van der Waals surface area contributed by atoms with Crippen LogP contribution in [0.3, 0.4) is 0 Å².